The number of carbonyl (C=O) groups is 2. The number of benzene rings is 1. The van der Waals surface area contributed by atoms with Gasteiger partial charge in [-0.3, -0.25) is 9.59 Å². The first-order valence-corrected chi connectivity index (χ1v) is 9.04. The molecule has 1 aromatic carbocycles. The fourth-order valence-electron chi connectivity index (χ4n) is 2.48. The Bertz CT molecular complexity index is 741. The van der Waals surface area contributed by atoms with Crippen LogP contribution in [0.5, 0.6) is 0 Å². The molecule has 0 bridgehead atoms. The van der Waals surface area contributed by atoms with Gasteiger partial charge in [0.15, 0.2) is 0 Å². The maximum atomic E-state index is 12.3. The van der Waals surface area contributed by atoms with Gasteiger partial charge < -0.3 is 10.6 Å². The van der Waals surface area contributed by atoms with Crippen molar-refractivity contribution in [2.45, 2.75) is 39.7 Å². The lowest BCUT2D eigenvalue weighted by Crippen LogP contribution is -2.25. The first-order chi connectivity index (χ1) is 11.4. The number of thiophene rings is 1. The zero-order valence-electron chi connectivity index (χ0n) is 14.2. The van der Waals surface area contributed by atoms with Gasteiger partial charge in [-0.15, -0.1) is 11.3 Å². The highest BCUT2D eigenvalue weighted by molar-refractivity contribution is 7.14. The molecule has 0 aliphatic heterocycles. The van der Waals surface area contributed by atoms with Crippen LogP contribution >= 0.6 is 11.3 Å². The maximum absolute atomic E-state index is 12.3. The molecule has 1 aliphatic carbocycles. The molecule has 1 fully saturated rings. The van der Waals surface area contributed by atoms with Crippen molar-refractivity contribution in [1.82, 2.24) is 5.32 Å². The molecule has 1 atom stereocenters. The Hall–Kier alpha value is -2.14. The van der Waals surface area contributed by atoms with Crippen molar-refractivity contribution in [2.24, 2.45) is 5.92 Å². The predicted octanol–water partition coefficient (Wildman–Crippen LogP) is 4.20. The van der Waals surface area contributed by atoms with Crippen molar-refractivity contribution in [3.05, 3.63) is 51.2 Å². The predicted molar refractivity (Wildman–Crippen MR) is 97.5 cm³/mol. The van der Waals surface area contributed by atoms with Gasteiger partial charge in [0.25, 0.3) is 5.91 Å². The normalized spacial score (nSPS) is 15.0. The molecule has 2 amide bonds. The van der Waals surface area contributed by atoms with Gasteiger partial charge in [0.2, 0.25) is 5.91 Å². The summed E-state index contributed by atoms with van der Waals surface area (Å²) in [6.07, 6.45) is 1.99. The lowest BCUT2D eigenvalue weighted by Gasteiger charge is -2.14. The second-order valence-corrected chi connectivity index (χ2v) is 7.69. The van der Waals surface area contributed by atoms with Gasteiger partial charge in [-0.05, 0) is 62.9 Å². The third-order valence-corrected chi connectivity index (χ3v) is 5.52. The molecule has 2 N–H and O–H groups in total. The monoisotopic (exact) mass is 342 g/mol. The largest absolute Gasteiger partial charge is 0.345 e. The molecule has 1 aliphatic rings. The van der Waals surface area contributed by atoms with E-state index in [9.17, 15) is 9.59 Å². The second-order valence-electron chi connectivity index (χ2n) is 6.43. The van der Waals surface area contributed by atoms with Crippen LogP contribution in [-0.2, 0) is 4.79 Å². The lowest BCUT2D eigenvalue weighted by atomic mass is 10.1. The number of aryl methyl sites for hydroxylation is 2. The minimum Gasteiger partial charge on any atom is -0.345 e. The van der Waals surface area contributed by atoms with Crippen molar-refractivity contribution >= 4 is 28.8 Å². The van der Waals surface area contributed by atoms with Gasteiger partial charge in [-0.1, -0.05) is 12.1 Å². The van der Waals surface area contributed by atoms with Crippen LogP contribution in [0.25, 0.3) is 0 Å². The number of amides is 2. The molecule has 2 aromatic rings. The van der Waals surface area contributed by atoms with Crippen LogP contribution < -0.4 is 10.6 Å². The minimum absolute atomic E-state index is 0.0465. The van der Waals surface area contributed by atoms with E-state index < -0.39 is 0 Å². The van der Waals surface area contributed by atoms with E-state index in [4.69, 9.17) is 0 Å². The van der Waals surface area contributed by atoms with E-state index in [0.717, 1.165) is 34.5 Å². The Morgan fingerprint density at radius 1 is 1.17 bits per heavy atom. The van der Waals surface area contributed by atoms with Gasteiger partial charge in [-0.25, -0.2) is 0 Å². The molecular weight excluding hydrogens is 320 g/mol. The molecule has 3 rings (SSSR count). The summed E-state index contributed by atoms with van der Waals surface area (Å²) in [6.45, 7) is 6.00. The topological polar surface area (TPSA) is 58.2 Å². The van der Waals surface area contributed by atoms with Crippen molar-refractivity contribution in [2.75, 3.05) is 5.32 Å². The summed E-state index contributed by atoms with van der Waals surface area (Å²) in [4.78, 5) is 26.0. The molecule has 0 radical (unpaired) electrons. The summed E-state index contributed by atoms with van der Waals surface area (Å²) in [5.41, 5.74) is 2.96. The minimum atomic E-state index is -0.0894. The third-order valence-electron chi connectivity index (χ3n) is 4.36. The van der Waals surface area contributed by atoms with Crippen LogP contribution in [0.15, 0.2) is 30.3 Å². The van der Waals surface area contributed by atoms with Crippen molar-refractivity contribution in [3.63, 3.8) is 0 Å². The molecule has 1 saturated carbocycles. The Morgan fingerprint density at radius 3 is 2.38 bits per heavy atom. The van der Waals surface area contributed by atoms with E-state index >= 15 is 0 Å². The van der Waals surface area contributed by atoms with Gasteiger partial charge >= 0.3 is 0 Å². The summed E-state index contributed by atoms with van der Waals surface area (Å²) >= 11 is 1.52. The highest BCUT2D eigenvalue weighted by atomic mass is 32.1. The van der Waals surface area contributed by atoms with Crippen molar-refractivity contribution in [1.29, 1.82) is 0 Å². The van der Waals surface area contributed by atoms with Crippen LogP contribution in [0.3, 0.4) is 0 Å². The average Bonchev–Trinajstić information content (AvgIpc) is 3.34. The number of nitrogens with one attached hydrogen (secondary N) is 2. The molecule has 0 spiro atoms. The molecule has 1 aromatic heterocycles. The number of hydrogen-bond donors (Lipinski definition) is 2. The van der Waals surface area contributed by atoms with E-state index in [-0.39, 0.29) is 23.8 Å². The van der Waals surface area contributed by atoms with E-state index in [0.29, 0.717) is 0 Å². The number of hydrogen-bond acceptors (Lipinski definition) is 3. The Balaban J connectivity index is 1.60. The Kier molecular flexibility index (Phi) is 4.71. The summed E-state index contributed by atoms with van der Waals surface area (Å²) in [7, 11) is 0. The van der Waals surface area contributed by atoms with Crippen molar-refractivity contribution < 1.29 is 9.59 Å². The van der Waals surface area contributed by atoms with Gasteiger partial charge in [0.1, 0.15) is 0 Å². The Labute approximate surface area is 146 Å². The van der Waals surface area contributed by atoms with Gasteiger partial charge in [0, 0.05) is 16.5 Å². The van der Waals surface area contributed by atoms with Crippen LogP contribution in [0, 0.1) is 19.8 Å². The van der Waals surface area contributed by atoms with Gasteiger partial charge in [-0.2, -0.15) is 0 Å². The molecule has 4 nitrogen and oxygen atoms in total. The Morgan fingerprint density at radius 2 is 1.83 bits per heavy atom. The molecule has 24 heavy (non-hydrogen) atoms. The van der Waals surface area contributed by atoms with Crippen LogP contribution in [0.4, 0.5) is 5.69 Å². The van der Waals surface area contributed by atoms with Crippen LogP contribution in [0.1, 0.15) is 51.5 Å². The SMILES string of the molecule is Cc1cc(C(=O)NC(C)c2ccc(NC(=O)C3CC3)cc2)sc1C. The molecular formula is C19H22N2O2S. The zero-order chi connectivity index (χ0) is 17.3. The van der Waals surface area contributed by atoms with Crippen LogP contribution in [0.2, 0.25) is 0 Å². The van der Waals surface area contributed by atoms with E-state index in [1.807, 2.05) is 51.1 Å². The van der Waals surface area contributed by atoms with E-state index in [1.165, 1.54) is 16.2 Å². The standard InChI is InChI=1S/C19H22N2O2S/c1-11-10-17(24-13(11)3)19(23)20-12(2)14-6-8-16(9-7-14)21-18(22)15-4-5-15/h6-10,12,15H,4-5H2,1-3H3,(H,20,23)(H,21,22). The second kappa shape index (κ2) is 6.77. The van der Waals surface area contributed by atoms with Gasteiger partial charge in [0.05, 0.1) is 10.9 Å². The number of rotatable bonds is 5. The lowest BCUT2D eigenvalue weighted by molar-refractivity contribution is -0.117. The highest BCUT2D eigenvalue weighted by Gasteiger charge is 2.29. The zero-order valence-corrected chi connectivity index (χ0v) is 15.0. The van der Waals surface area contributed by atoms with Crippen LogP contribution in [-0.4, -0.2) is 11.8 Å². The summed E-state index contributed by atoms with van der Waals surface area (Å²) < 4.78 is 0. The fourth-order valence-corrected chi connectivity index (χ4v) is 3.42. The van der Waals surface area contributed by atoms with E-state index in [1.54, 1.807) is 0 Å². The summed E-state index contributed by atoms with van der Waals surface area (Å²) in [5.74, 6) is 0.253. The third kappa shape index (κ3) is 3.85. The highest BCUT2D eigenvalue weighted by Crippen LogP contribution is 2.30. The van der Waals surface area contributed by atoms with Crippen molar-refractivity contribution in [3.8, 4) is 0 Å². The molecule has 5 heteroatoms. The quantitative estimate of drug-likeness (QED) is 0.855. The molecule has 1 unspecified atom stereocenters. The number of anilines is 1. The molecule has 1 heterocycles. The smallest absolute Gasteiger partial charge is 0.261 e. The summed E-state index contributed by atoms with van der Waals surface area (Å²) in [5, 5.41) is 5.95. The molecule has 126 valence electrons. The number of carbonyl (C=O) groups excluding carboxylic acids is 2. The first-order valence-electron chi connectivity index (χ1n) is 8.23. The summed E-state index contributed by atoms with van der Waals surface area (Å²) in [6, 6.07) is 9.50. The van der Waals surface area contributed by atoms with E-state index in [2.05, 4.69) is 10.6 Å². The average molecular weight is 342 g/mol. The molecule has 0 saturated heterocycles. The fraction of sp³-hybridized carbons (Fsp3) is 0.368. The first kappa shape index (κ1) is 16.7. The maximum Gasteiger partial charge on any atom is 0.261 e.